The number of carbonyl (C=O) groups is 1. The number of amides is 1. The molecule has 1 atom stereocenters. The van der Waals surface area contributed by atoms with Crippen molar-refractivity contribution in [2.24, 2.45) is 0 Å². The van der Waals surface area contributed by atoms with Gasteiger partial charge in [0.05, 0.1) is 7.11 Å². The van der Waals surface area contributed by atoms with Gasteiger partial charge in [-0.25, -0.2) is 4.39 Å². The molecule has 6 heteroatoms. The fourth-order valence-electron chi connectivity index (χ4n) is 2.27. The first-order chi connectivity index (χ1) is 11.4. The van der Waals surface area contributed by atoms with Gasteiger partial charge < -0.3 is 9.64 Å². The molecule has 2 aromatic carbocycles. The molecule has 2 rings (SSSR count). The Kier molecular flexibility index (Phi) is 6.09. The Balaban J connectivity index is 2.06. The molecule has 0 N–H and O–H groups in total. The Morgan fingerprint density at radius 3 is 2.38 bits per heavy atom. The first-order valence-electron chi connectivity index (χ1n) is 7.38. The van der Waals surface area contributed by atoms with Crippen LogP contribution in [-0.4, -0.2) is 36.2 Å². The van der Waals surface area contributed by atoms with E-state index in [0.717, 1.165) is 5.56 Å². The quantitative estimate of drug-likeness (QED) is 0.805. The number of rotatable bonds is 6. The molecule has 0 spiro atoms. The first kappa shape index (κ1) is 18.1. The summed E-state index contributed by atoms with van der Waals surface area (Å²) in [6.45, 7) is 0. The molecule has 0 radical (unpaired) electrons. The Labute approximate surface area is 143 Å². The van der Waals surface area contributed by atoms with Crippen LogP contribution in [0.25, 0.3) is 0 Å². The van der Waals surface area contributed by atoms with E-state index in [2.05, 4.69) is 0 Å². The third kappa shape index (κ3) is 4.64. The number of benzene rings is 2. The lowest BCUT2D eigenvalue weighted by Crippen LogP contribution is -2.21. The van der Waals surface area contributed by atoms with Crippen LogP contribution in [0.15, 0.2) is 42.5 Å². The maximum absolute atomic E-state index is 13.7. The van der Waals surface area contributed by atoms with Crippen LogP contribution in [0.1, 0.15) is 21.5 Å². The fraction of sp³-hybridized carbons (Fsp3) is 0.278. The zero-order chi connectivity index (χ0) is 17.7. The smallest absolute Gasteiger partial charge is 0.253 e. The lowest BCUT2D eigenvalue weighted by molar-refractivity contribution is 0.0827. The average molecular weight is 349 g/mol. The number of ether oxygens (including phenoxy) is 1. The van der Waals surface area contributed by atoms with E-state index in [1.54, 1.807) is 38.4 Å². The molecule has 24 heavy (non-hydrogen) atoms. The normalized spacial score (nSPS) is 11.8. The van der Waals surface area contributed by atoms with Crippen LogP contribution in [0.2, 0.25) is 0 Å². The van der Waals surface area contributed by atoms with Crippen LogP contribution in [-0.2, 0) is 22.3 Å². The SMILES string of the molecule is COc1ccc(C[S@@](=O)Cc2cccc(C(=O)N(C)C)c2)cc1F. The third-order valence-electron chi connectivity index (χ3n) is 3.45. The van der Waals surface area contributed by atoms with Crippen LogP contribution in [0.3, 0.4) is 0 Å². The van der Waals surface area contributed by atoms with E-state index in [0.29, 0.717) is 16.9 Å². The van der Waals surface area contributed by atoms with Crippen LogP contribution in [0.4, 0.5) is 4.39 Å². The monoisotopic (exact) mass is 349 g/mol. The standard InChI is InChI=1S/C18H20FNO3S/c1-20(2)18(21)15-6-4-5-13(9-15)11-24(22)12-14-7-8-17(23-3)16(19)10-14/h4-10H,11-12H2,1-3H3/t24-/m0/s1. The van der Waals surface area contributed by atoms with Crippen molar-refractivity contribution in [2.45, 2.75) is 11.5 Å². The summed E-state index contributed by atoms with van der Waals surface area (Å²) in [5.41, 5.74) is 2.02. The van der Waals surface area contributed by atoms with E-state index in [-0.39, 0.29) is 17.4 Å². The molecule has 0 unspecified atom stereocenters. The van der Waals surface area contributed by atoms with Crippen LogP contribution < -0.4 is 4.74 Å². The number of carbonyl (C=O) groups excluding carboxylic acids is 1. The highest BCUT2D eigenvalue weighted by Gasteiger charge is 2.11. The van der Waals surface area contributed by atoms with Crippen molar-refractivity contribution in [3.05, 3.63) is 65.0 Å². The molecule has 0 saturated carbocycles. The van der Waals surface area contributed by atoms with Crippen molar-refractivity contribution in [3.8, 4) is 5.75 Å². The zero-order valence-corrected chi connectivity index (χ0v) is 14.7. The van der Waals surface area contributed by atoms with Gasteiger partial charge in [-0.3, -0.25) is 9.00 Å². The number of hydrogen-bond acceptors (Lipinski definition) is 3. The highest BCUT2D eigenvalue weighted by atomic mass is 32.2. The van der Waals surface area contributed by atoms with Gasteiger partial charge in [-0.15, -0.1) is 0 Å². The van der Waals surface area contributed by atoms with Gasteiger partial charge in [-0.2, -0.15) is 0 Å². The van der Waals surface area contributed by atoms with Gasteiger partial charge in [0.1, 0.15) is 0 Å². The lowest BCUT2D eigenvalue weighted by atomic mass is 10.1. The molecule has 0 aliphatic carbocycles. The van der Waals surface area contributed by atoms with Crippen molar-refractivity contribution < 1.29 is 18.1 Å². The lowest BCUT2D eigenvalue weighted by Gasteiger charge is -2.11. The van der Waals surface area contributed by atoms with E-state index in [1.165, 1.54) is 24.1 Å². The molecule has 0 fully saturated rings. The zero-order valence-electron chi connectivity index (χ0n) is 13.9. The minimum absolute atomic E-state index is 0.0974. The highest BCUT2D eigenvalue weighted by Crippen LogP contribution is 2.19. The predicted octanol–water partition coefficient (Wildman–Crippen LogP) is 2.99. The maximum atomic E-state index is 13.7. The van der Waals surface area contributed by atoms with Crippen LogP contribution in [0, 0.1) is 5.82 Å². The van der Waals surface area contributed by atoms with Gasteiger partial charge in [0.25, 0.3) is 5.91 Å². The second-order valence-corrected chi connectivity index (χ2v) is 7.05. The maximum Gasteiger partial charge on any atom is 0.253 e. The van der Waals surface area contributed by atoms with Crippen molar-refractivity contribution >= 4 is 16.7 Å². The van der Waals surface area contributed by atoms with Gasteiger partial charge in [0.15, 0.2) is 11.6 Å². The second-order valence-electron chi connectivity index (χ2n) is 5.60. The van der Waals surface area contributed by atoms with Gasteiger partial charge in [0.2, 0.25) is 0 Å². The largest absolute Gasteiger partial charge is 0.494 e. The molecule has 0 aliphatic rings. The Morgan fingerprint density at radius 1 is 1.12 bits per heavy atom. The van der Waals surface area contributed by atoms with Gasteiger partial charge >= 0.3 is 0 Å². The molecule has 128 valence electrons. The van der Waals surface area contributed by atoms with Gasteiger partial charge in [0, 0.05) is 42.0 Å². The van der Waals surface area contributed by atoms with Crippen molar-refractivity contribution in [3.63, 3.8) is 0 Å². The minimum Gasteiger partial charge on any atom is -0.494 e. The second kappa shape index (κ2) is 8.06. The summed E-state index contributed by atoms with van der Waals surface area (Å²) >= 11 is 0. The Bertz CT molecular complexity index is 762. The van der Waals surface area contributed by atoms with Crippen LogP contribution >= 0.6 is 0 Å². The van der Waals surface area contributed by atoms with Crippen molar-refractivity contribution in [1.82, 2.24) is 4.90 Å². The Morgan fingerprint density at radius 2 is 1.79 bits per heavy atom. The molecule has 2 aromatic rings. The average Bonchev–Trinajstić information content (AvgIpc) is 2.54. The van der Waals surface area contributed by atoms with E-state index in [1.807, 2.05) is 6.07 Å². The van der Waals surface area contributed by atoms with Crippen molar-refractivity contribution in [2.75, 3.05) is 21.2 Å². The summed E-state index contributed by atoms with van der Waals surface area (Å²) in [5, 5.41) is 0. The fourth-order valence-corrected chi connectivity index (χ4v) is 3.48. The first-order valence-corrected chi connectivity index (χ1v) is 8.87. The summed E-state index contributed by atoms with van der Waals surface area (Å²) in [6.07, 6.45) is 0. The van der Waals surface area contributed by atoms with Gasteiger partial charge in [-0.1, -0.05) is 18.2 Å². The van der Waals surface area contributed by atoms with E-state index in [4.69, 9.17) is 4.74 Å². The molecule has 0 saturated heterocycles. The topological polar surface area (TPSA) is 46.6 Å². The highest BCUT2D eigenvalue weighted by molar-refractivity contribution is 7.83. The minimum atomic E-state index is -1.20. The van der Waals surface area contributed by atoms with E-state index in [9.17, 15) is 13.4 Å². The summed E-state index contributed by atoms with van der Waals surface area (Å²) in [4.78, 5) is 13.5. The summed E-state index contributed by atoms with van der Waals surface area (Å²) < 4.78 is 30.9. The predicted molar refractivity (Wildman–Crippen MR) is 93.0 cm³/mol. The molecule has 0 aromatic heterocycles. The number of halogens is 1. The van der Waals surface area contributed by atoms with E-state index >= 15 is 0 Å². The molecule has 4 nitrogen and oxygen atoms in total. The van der Waals surface area contributed by atoms with Crippen molar-refractivity contribution in [1.29, 1.82) is 0 Å². The number of hydrogen-bond donors (Lipinski definition) is 0. The molecule has 0 heterocycles. The molecular weight excluding hydrogens is 329 g/mol. The molecular formula is C18H20FNO3S. The third-order valence-corrected chi connectivity index (χ3v) is 4.76. The van der Waals surface area contributed by atoms with Gasteiger partial charge in [-0.05, 0) is 35.4 Å². The summed E-state index contributed by atoms with van der Waals surface area (Å²) in [6, 6.07) is 11.6. The molecule has 0 bridgehead atoms. The van der Waals surface area contributed by atoms with Crippen LogP contribution in [0.5, 0.6) is 5.75 Å². The summed E-state index contributed by atoms with van der Waals surface area (Å²) in [7, 11) is 3.57. The molecule has 0 aliphatic heterocycles. The van der Waals surface area contributed by atoms with E-state index < -0.39 is 16.6 Å². The Hall–Kier alpha value is -2.21. The molecule has 1 amide bonds. The number of methoxy groups -OCH3 is 1. The summed E-state index contributed by atoms with van der Waals surface area (Å²) in [5.74, 6) is 0.152. The number of nitrogens with zero attached hydrogens (tertiary/aromatic N) is 1.